The Kier molecular flexibility index (Phi) is 7.12. The van der Waals surface area contributed by atoms with E-state index in [-0.39, 0.29) is 24.4 Å². The minimum atomic E-state index is -0.735. The lowest BCUT2D eigenvalue weighted by atomic mass is 10.1. The quantitative estimate of drug-likeness (QED) is 0.381. The number of hydrogen-bond donors (Lipinski definition) is 1. The summed E-state index contributed by atoms with van der Waals surface area (Å²) in [5, 5.41) is 3.78. The van der Waals surface area contributed by atoms with Gasteiger partial charge in [-0.3, -0.25) is 9.78 Å². The van der Waals surface area contributed by atoms with Crippen LogP contribution in [0.4, 0.5) is 5.69 Å². The number of anilines is 1. The highest BCUT2D eigenvalue weighted by Crippen LogP contribution is 2.27. The number of hydrogen-bond acceptors (Lipinski definition) is 8. The molecule has 9 nitrogen and oxygen atoms in total. The van der Waals surface area contributed by atoms with Crippen LogP contribution in [0.15, 0.2) is 66.0 Å². The summed E-state index contributed by atoms with van der Waals surface area (Å²) in [5.41, 5.74) is 2.35. The van der Waals surface area contributed by atoms with Gasteiger partial charge >= 0.3 is 11.5 Å². The van der Waals surface area contributed by atoms with E-state index in [0.717, 1.165) is 15.9 Å². The number of carbonyl (C=O) groups is 1. The molecule has 0 saturated carbocycles. The van der Waals surface area contributed by atoms with Crippen molar-refractivity contribution in [1.82, 2.24) is 19.7 Å². The Balaban J connectivity index is 1.79. The maximum absolute atomic E-state index is 13.5. The molecule has 0 aliphatic heterocycles. The molecule has 1 aromatic carbocycles. The maximum atomic E-state index is 13.5. The van der Waals surface area contributed by atoms with Gasteiger partial charge in [-0.25, -0.2) is 14.8 Å². The van der Waals surface area contributed by atoms with E-state index in [1.807, 2.05) is 42.5 Å². The summed E-state index contributed by atoms with van der Waals surface area (Å²) in [4.78, 5) is 44.9. The summed E-state index contributed by atoms with van der Waals surface area (Å²) >= 11 is 0. The third kappa shape index (κ3) is 4.88. The van der Waals surface area contributed by atoms with Crippen LogP contribution in [-0.2, 0) is 17.8 Å². The lowest BCUT2D eigenvalue weighted by Crippen LogP contribution is -2.34. The number of pyridine rings is 2. The Bertz CT molecular complexity index is 1340. The highest BCUT2D eigenvalue weighted by Gasteiger charge is 2.26. The van der Waals surface area contributed by atoms with Gasteiger partial charge in [0.2, 0.25) is 0 Å². The van der Waals surface area contributed by atoms with Crippen LogP contribution >= 0.6 is 0 Å². The van der Waals surface area contributed by atoms with Gasteiger partial charge < -0.3 is 14.9 Å². The van der Waals surface area contributed by atoms with Crippen LogP contribution < -0.4 is 15.7 Å². The van der Waals surface area contributed by atoms with Gasteiger partial charge in [0.15, 0.2) is 11.2 Å². The van der Waals surface area contributed by atoms with Gasteiger partial charge in [-0.1, -0.05) is 30.3 Å². The van der Waals surface area contributed by atoms with Crippen LogP contribution in [-0.4, -0.2) is 38.8 Å². The van der Waals surface area contributed by atoms with Gasteiger partial charge in [0.05, 0.1) is 23.4 Å². The largest absolute Gasteiger partial charge is 0.462 e. The van der Waals surface area contributed by atoms with Crippen LogP contribution in [0, 0.1) is 6.92 Å². The fraction of sp³-hybridized carbons (Fsp3) is 0.240. The number of ether oxygens (including phenoxy) is 1. The van der Waals surface area contributed by atoms with E-state index < -0.39 is 11.5 Å². The number of esters is 1. The minimum absolute atomic E-state index is 0.121. The van der Waals surface area contributed by atoms with Gasteiger partial charge in [-0.15, -0.1) is 4.73 Å². The summed E-state index contributed by atoms with van der Waals surface area (Å²) in [6.45, 7) is 4.19. The number of aromatic nitrogens is 4. The Hall–Kier alpha value is -4.27. The first-order valence-corrected chi connectivity index (χ1v) is 11.0. The molecule has 4 rings (SSSR count). The van der Waals surface area contributed by atoms with Crippen LogP contribution in [0.5, 0.6) is 0 Å². The average Bonchev–Trinajstić information content (AvgIpc) is 2.85. The molecule has 0 aliphatic rings. The summed E-state index contributed by atoms with van der Waals surface area (Å²) in [6, 6.07) is 13.2. The molecular weight excluding hydrogens is 434 g/mol. The van der Waals surface area contributed by atoms with Gasteiger partial charge in [0.1, 0.15) is 12.9 Å². The average molecular weight is 460 g/mol. The number of rotatable bonds is 9. The third-order valence-electron chi connectivity index (χ3n) is 5.26. The molecule has 1 N–H and O–H groups in total. The zero-order valence-electron chi connectivity index (χ0n) is 19.0. The van der Waals surface area contributed by atoms with Crippen molar-refractivity contribution in [3.05, 3.63) is 93.9 Å². The molecule has 0 aliphatic carbocycles. The van der Waals surface area contributed by atoms with Crippen molar-refractivity contribution in [3.63, 3.8) is 0 Å². The lowest BCUT2D eigenvalue weighted by molar-refractivity contribution is 0.0513. The third-order valence-corrected chi connectivity index (χ3v) is 5.26. The van der Waals surface area contributed by atoms with E-state index in [0.29, 0.717) is 29.7 Å². The summed E-state index contributed by atoms with van der Waals surface area (Å²) in [7, 11) is 0. The lowest BCUT2D eigenvalue weighted by Gasteiger charge is -2.18. The van der Waals surface area contributed by atoms with Crippen LogP contribution in [0.25, 0.3) is 11.0 Å². The normalized spacial score (nSPS) is 10.8. The van der Waals surface area contributed by atoms with E-state index in [1.165, 1.54) is 6.33 Å². The van der Waals surface area contributed by atoms with Crippen molar-refractivity contribution in [1.29, 1.82) is 0 Å². The minimum Gasteiger partial charge on any atom is -0.462 e. The van der Waals surface area contributed by atoms with Crippen molar-refractivity contribution in [3.8, 4) is 0 Å². The second-order valence-electron chi connectivity index (χ2n) is 7.52. The van der Waals surface area contributed by atoms with Gasteiger partial charge in [-0.2, -0.15) is 0 Å². The van der Waals surface area contributed by atoms with Gasteiger partial charge in [0, 0.05) is 18.9 Å². The number of fused-ring (bicyclic) bond motifs is 1. The highest BCUT2D eigenvalue weighted by atomic mass is 16.7. The van der Waals surface area contributed by atoms with E-state index in [2.05, 4.69) is 20.3 Å². The summed E-state index contributed by atoms with van der Waals surface area (Å²) < 4.78 is 6.28. The van der Waals surface area contributed by atoms with Crippen LogP contribution in [0.3, 0.4) is 0 Å². The molecule has 3 aromatic heterocycles. The number of nitrogens with one attached hydrogen (secondary N) is 1. The first-order chi connectivity index (χ1) is 16.6. The zero-order chi connectivity index (χ0) is 23.9. The van der Waals surface area contributed by atoms with E-state index in [1.54, 1.807) is 26.2 Å². The number of benzene rings is 1. The van der Waals surface area contributed by atoms with Crippen molar-refractivity contribution >= 4 is 22.7 Å². The smallest absolute Gasteiger partial charge is 0.346 e. The first-order valence-electron chi connectivity index (χ1n) is 11.0. The number of aryl methyl sites for hydroxylation is 1. The highest BCUT2D eigenvalue weighted by molar-refractivity contribution is 6.04. The van der Waals surface area contributed by atoms with Crippen molar-refractivity contribution in [2.45, 2.75) is 26.9 Å². The van der Waals surface area contributed by atoms with Crippen LogP contribution in [0.1, 0.15) is 34.1 Å². The zero-order valence-corrected chi connectivity index (χ0v) is 19.0. The maximum Gasteiger partial charge on any atom is 0.346 e. The fourth-order valence-electron chi connectivity index (χ4n) is 3.62. The predicted molar refractivity (Wildman–Crippen MR) is 128 cm³/mol. The molecule has 0 amide bonds. The molecule has 0 atom stereocenters. The van der Waals surface area contributed by atoms with Gasteiger partial charge in [0.25, 0.3) is 0 Å². The Morgan fingerprint density at radius 1 is 1.06 bits per heavy atom. The van der Waals surface area contributed by atoms with Crippen molar-refractivity contribution in [2.24, 2.45) is 0 Å². The predicted octanol–water partition coefficient (Wildman–Crippen LogP) is 2.96. The molecular formula is C25H25N5O4. The summed E-state index contributed by atoms with van der Waals surface area (Å²) in [6.07, 6.45) is 5.47. The second-order valence-corrected chi connectivity index (χ2v) is 7.52. The molecule has 4 aromatic rings. The Morgan fingerprint density at radius 3 is 2.56 bits per heavy atom. The second kappa shape index (κ2) is 10.6. The molecule has 3 heterocycles. The Morgan fingerprint density at radius 2 is 1.82 bits per heavy atom. The molecule has 0 unspecified atom stereocenters. The molecule has 0 radical (unpaired) electrons. The molecule has 34 heavy (non-hydrogen) atoms. The van der Waals surface area contributed by atoms with Gasteiger partial charge in [-0.05, 0) is 43.5 Å². The van der Waals surface area contributed by atoms with E-state index >= 15 is 0 Å². The molecule has 9 heteroatoms. The molecule has 0 spiro atoms. The monoisotopic (exact) mass is 459 g/mol. The van der Waals surface area contributed by atoms with E-state index in [9.17, 15) is 9.59 Å². The molecule has 174 valence electrons. The first kappa shape index (κ1) is 22.9. The Labute approximate surface area is 196 Å². The fourth-order valence-corrected chi connectivity index (χ4v) is 3.62. The van der Waals surface area contributed by atoms with Crippen LogP contribution in [0.2, 0.25) is 0 Å². The number of carbonyl (C=O) groups excluding carboxylic acids is 1. The standard InChI is InChI=1S/C25H25N5O4/c1-3-33-25(32)21-22(27-14-11-18-9-12-26-13-10-18)20-17(2)28-16-29-23(20)30(24(21)31)34-15-19-7-5-4-6-8-19/h4-10,12-13,16,27H,3,11,14-15H2,1-2H3. The topological polar surface area (TPSA) is 108 Å². The van der Waals surface area contributed by atoms with Crippen molar-refractivity contribution < 1.29 is 14.4 Å². The van der Waals surface area contributed by atoms with Crippen molar-refractivity contribution in [2.75, 3.05) is 18.5 Å². The number of nitrogens with zero attached hydrogens (tertiary/aromatic N) is 4. The molecule has 0 fully saturated rings. The van der Waals surface area contributed by atoms with E-state index in [4.69, 9.17) is 9.57 Å². The molecule has 0 saturated heterocycles. The summed E-state index contributed by atoms with van der Waals surface area (Å²) in [5.74, 6) is -0.735. The SMILES string of the molecule is CCOC(=O)c1c(NCCc2ccncc2)c2c(C)ncnc2n(OCc2ccccc2)c1=O. The molecule has 0 bridgehead atoms.